The summed E-state index contributed by atoms with van der Waals surface area (Å²) in [7, 11) is 0. The van der Waals surface area contributed by atoms with Crippen LogP contribution in [0.25, 0.3) is 11.4 Å². The molecule has 2 aromatic carbocycles. The first-order valence-electron chi connectivity index (χ1n) is 7.09. The number of aromatic nitrogens is 2. The van der Waals surface area contributed by atoms with Crippen molar-refractivity contribution < 1.29 is 9.18 Å². The van der Waals surface area contributed by atoms with E-state index in [1.165, 1.54) is 30.5 Å². The van der Waals surface area contributed by atoms with Gasteiger partial charge < -0.3 is 5.32 Å². The topological polar surface area (TPSA) is 54.9 Å². The fraction of sp³-hybridized carbons (Fsp3) is 0.0556. The Morgan fingerprint density at radius 2 is 1.74 bits per heavy atom. The van der Waals surface area contributed by atoms with Crippen LogP contribution in [0.1, 0.15) is 16.1 Å². The van der Waals surface area contributed by atoms with Crippen molar-refractivity contribution in [2.24, 2.45) is 0 Å². The Balaban J connectivity index is 1.83. The Morgan fingerprint density at radius 3 is 2.39 bits per heavy atom. The number of carbonyl (C=O) groups excluding carboxylic acids is 1. The average Bonchev–Trinajstić information content (AvgIpc) is 2.57. The molecule has 0 bridgehead atoms. The van der Waals surface area contributed by atoms with Gasteiger partial charge in [0.25, 0.3) is 5.91 Å². The van der Waals surface area contributed by atoms with Crippen LogP contribution >= 0.6 is 0 Å². The van der Waals surface area contributed by atoms with Crippen LogP contribution in [0.15, 0.2) is 60.8 Å². The fourth-order valence-corrected chi connectivity index (χ4v) is 2.15. The second kappa shape index (κ2) is 6.36. The van der Waals surface area contributed by atoms with Gasteiger partial charge in [-0.25, -0.2) is 14.4 Å². The summed E-state index contributed by atoms with van der Waals surface area (Å²) in [6.07, 6.45) is 1.50. The largest absolute Gasteiger partial charge is 0.322 e. The summed E-state index contributed by atoms with van der Waals surface area (Å²) in [5, 5.41) is 2.70. The highest BCUT2D eigenvalue weighted by Crippen LogP contribution is 2.17. The molecule has 4 nitrogen and oxygen atoms in total. The van der Waals surface area contributed by atoms with Gasteiger partial charge in [-0.05, 0) is 31.2 Å². The van der Waals surface area contributed by atoms with Crippen LogP contribution in [0, 0.1) is 12.7 Å². The molecule has 3 aromatic rings. The van der Waals surface area contributed by atoms with Crippen LogP contribution in [-0.2, 0) is 0 Å². The van der Waals surface area contributed by atoms with Gasteiger partial charge in [0, 0.05) is 17.4 Å². The third-order valence-corrected chi connectivity index (χ3v) is 3.36. The van der Waals surface area contributed by atoms with Crippen molar-refractivity contribution in [3.05, 3.63) is 77.9 Å². The van der Waals surface area contributed by atoms with Crippen molar-refractivity contribution in [1.29, 1.82) is 0 Å². The normalized spacial score (nSPS) is 10.3. The average molecular weight is 307 g/mol. The summed E-state index contributed by atoms with van der Waals surface area (Å²) < 4.78 is 12.9. The Bertz CT molecular complexity index is 833. The van der Waals surface area contributed by atoms with Gasteiger partial charge in [-0.15, -0.1) is 0 Å². The summed E-state index contributed by atoms with van der Waals surface area (Å²) in [5.74, 6) is -0.107. The van der Waals surface area contributed by atoms with Crippen molar-refractivity contribution in [2.45, 2.75) is 6.92 Å². The van der Waals surface area contributed by atoms with Gasteiger partial charge in [0.2, 0.25) is 0 Å². The van der Waals surface area contributed by atoms with Crippen LogP contribution in [-0.4, -0.2) is 15.9 Å². The van der Waals surface area contributed by atoms with E-state index in [-0.39, 0.29) is 11.7 Å². The van der Waals surface area contributed by atoms with E-state index in [2.05, 4.69) is 15.3 Å². The Kier molecular flexibility index (Phi) is 4.10. The number of rotatable bonds is 3. The number of aryl methyl sites for hydroxylation is 1. The molecule has 0 fully saturated rings. The standard InChI is InChI=1S/C18H14FN3O/c1-12-16(18(23)22-15-9-7-14(19)8-10-15)11-20-17(21-12)13-5-3-2-4-6-13/h2-11H,1H3,(H,22,23). The van der Waals surface area contributed by atoms with Crippen LogP contribution in [0.4, 0.5) is 10.1 Å². The molecule has 0 radical (unpaired) electrons. The maximum atomic E-state index is 12.9. The van der Waals surface area contributed by atoms with Gasteiger partial charge in [0.15, 0.2) is 5.82 Å². The van der Waals surface area contributed by atoms with Gasteiger partial charge in [-0.1, -0.05) is 30.3 Å². The molecule has 1 aromatic heterocycles. The monoisotopic (exact) mass is 307 g/mol. The van der Waals surface area contributed by atoms with Crippen molar-refractivity contribution in [2.75, 3.05) is 5.32 Å². The number of benzene rings is 2. The molecule has 23 heavy (non-hydrogen) atoms. The van der Waals surface area contributed by atoms with Crippen LogP contribution in [0.3, 0.4) is 0 Å². The van der Waals surface area contributed by atoms with Crippen molar-refractivity contribution in [3.63, 3.8) is 0 Å². The molecule has 0 aliphatic rings. The summed E-state index contributed by atoms with van der Waals surface area (Å²) in [5.41, 5.74) is 2.37. The molecule has 1 N–H and O–H groups in total. The lowest BCUT2D eigenvalue weighted by Gasteiger charge is -2.08. The van der Waals surface area contributed by atoms with Crippen molar-refractivity contribution >= 4 is 11.6 Å². The van der Waals surface area contributed by atoms with E-state index in [4.69, 9.17) is 0 Å². The van der Waals surface area contributed by atoms with Crippen LogP contribution in [0.5, 0.6) is 0 Å². The second-order valence-electron chi connectivity index (χ2n) is 5.02. The maximum absolute atomic E-state index is 12.9. The predicted molar refractivity (Wildman–Crippen MR) is 86.6 cm³/mol. The zero-order valence-corrected chi connectivity index (χ0v) is 12.5. The van der Waals surface area contributed by atoms with Crippen LogP contribution in [0.2, 0.25) is 0 Å². The van der Waals surface area contributed by atoms with Gasteiger partial charge in [-0.2, -0.15) is 0 Å². The minimum atomic E-state index is -0.352. The Hall–Kier alpha value is -3.08. The lowest BCUT2D eigenvalue weighted by atomic mass is 10.2. The molecule has 0 aliphatic heterocycles. The summed E-state index contributed by atoms with van der Waals surface area (Å²) in [6, 6.07) is 15.1. The second-order valence-corrected chi connectivity index (χ2v) is 5.02. The quantitative estimate of drug-likeness (QED) is 0.799. The molecule has 0 spiro atoms. The van der Waals surface area contributed by atoms with E-state index in [0.717, 1.165) is 5.56 Å². The molecule has 0 saturated heterocycles. The van der Waals surface area contributed by atoms with E-state index in [1.54, 1.807) is 6.92 Å². The zero-order chi connectivity index (χ0) is 16.2. The number of anilines is 1. The number of hydrogen-bond acceptors (Lipinski definition) is 3. The maximum Gasteiger partial charge on any atom is 0.259 e. The highest BCUT2D eigenvalue weighted by molar-refractivity contribution is 6.04. The SMILES string of the molecule is Cc1nc(-c2ccccc2)ncc1C(=O)Nc1ccc(F)cc1. The summed E-state index contributed by atoms with van der Waals surface area (Å²) in [6.45, 7) is 1.76. The number of hydrogen-bond donors (Lipinski definition) is 1. The van der Waals surface area contributed by atoms with Crippen LogP contribution < -0.4 is 5.32 Å². The molecule has 0 unspecified atom stereocenters. The highest BCUT2D eigenvalue weighted by atomic mass is 19.1. The Morgan fingerprint density at radius 1 is 1.04 bits per heavy atom. The van der Waals surface area contributed by atoms with Gasteiger partial charge in [-0.3, -0.25) is 4.79 Å². The molecular formula is C18H14FN3O. The highest BCUT2D eigenvalue weighted by Gasteiger charge is 2.12. The zero-order valence-electron chi connectivity index (χ0n) is 12.5. The van der Waals surface area contributed by atoms with E-state index < -0.39 is 0 Å². The minimum Gasteiger partial charge on any atom is -0.322 e. The minimum absolute atomic E-state index is 0.325. The first-order chi connectivity index (χ1) is 11.1. The lowest BCUT2D eigenvalue weighted by molar-refractivity contribution is 0.102. The smallest absolute Gasteiger partial charge is 0.259 e. The van der Waals surface area contributed by atoms with Gasteiger partial charge in [0.05, 0.1) is 11.3 Å². The number of halogens is 1. The van der Waals surface area contributed by atoms with E-state index >= 15 is 0 Å². The molecule has 3 rings (SSSR count). The lowest BCUT2D eigenvalue weighted by Crippen LogP contribution is -2.15. The molecule has 114 valence electrons. The van der Waals surface area contributed by atoms with Crippen molar-refractivity contribution in [1.82, 2.24) is 9.97 Å². The molecule has 1 amide bonds. The summed E-state index contributed by atoms with van der Waals surface area (Å²) >= 11 is 0. The van der Waals surface area contributed by atoms with E-state index in [9.17, 15) is 9.18 Å². The molecule has 5 heteroatoms. The molecule has 0 atom stereocenters. The summed E-state index contributed by atoms with van der Waals surface area (Å²) in [4.78, 5) is 20.9. The molecular weight excluding hydrogens is 293 g/mol. The Labute approximate surface area is 133 Å². The first kappa shape index (κ1) is 14.8. The number of nitrogens with one attached hydrogen (secondary N) is 1. The number of amides is 1. The van der Waals surface area contributed by atoms with E-state index in [0.29, 0.717) is 22.8 Å². The molecule has 0 aliphatic carbocycles. The third kappa shape index (κ3) is 3.40. The first-order valence-corrected chi connectivity index (χ1v) is 7.09. The van der Waals surface area contributed by atoms with Gasteiger partial charge >= 0.3 is 0 Å². The van der Waals surface area contributed by atoms with E-state index in [1.807, 2.05) is 30.3 Å². The van der Waals surface area contributed by atoms with Crippen molar-refractivity contribution in [3.8, 4) is 11.4 Å². The fourth-order valence-electron chi connectivity index (χ4n) is 2.15. The number of nitrogens with zero attached hydrogens (tertiary/aromatic N) is 2. The molecule has 0 saturated carbocycles. The predicted octanol–water partition coefficient (Wildman–Crippen LogP) is 3.84. The number of carbonyl (C=O) groups is 1. The third-order valence-electron chi connectivity index (χ3n) is 3.36. The molecule has 1 heterocycles. The van der Waals surface area contributed by atoms with Gasteiger partial charge in [0.1, 0.15) is 5.82 Å².